The van der Waals surface area contributed by atoms with Gasteiger partial charge in [-0.05, 0) is 53.3 Å². The fraction of sp³-hybridized carbons (Fsp3) is 0.286. The second-order valence-electron chi connectivity index (χ2n) is 4.01. The highest BCUT2D eigenvalue weighted by molar-refractivity contribution is 14.1. The third-order valence-corrected chi connectivity index (χ3v) is 3.36. The van der Waals surface area contributed by atoms with E-state index >= 15 is 0 Å². The Morgan fingerprint density at radius 3 is 2.63 bits per heavy atom. The smallest absolute Gasteiger partial charge is 0.161 e. The first-order chi connectivity index (χ1) is 9.24. The van der Waals surface area contributed by atoms with Gasteiger partial charge >= 0.3 is 0 Å². The van der Waals surface area contributed by atoms with E-state index in [0.717, 1.165) is 33.7 Å². The van der Waals surface area contributed by atoms with Crippen LogP contribution in [0.1, 0.15) is 13.3 Å². The van der Waals surface area contributed by atoms with E-state index in [2.05, 4.69) is 44.8 Å². The summed E-state index contributed by atoms with van der Waals surface area (Å²) in [5.74, 6) is 2.44. The summed E-state index contributed by atoms with van der Waals surface area (Å²) in [6.07, 6.45) is 2.82. The number of halogens is 1. The van der Waals surface area contributed by atoms with Gasteiger partial charge in [-0.25, -0.2) is 9.97 Å². The van der Waals surface area contributed by atoms with Crippen LogP contribution in [0.3, 0.4) is 0 Å². The van der Waals surface area contributed by atoms with Crippen LogP contribution >= 0.6 is 22.6 Å². The van der Waals surface area contributed by atoms with Gasteiger partial charge in [0.2, 0.25) is 0 Å². The molecule has 1 aromatic carbocycles. The molecule has 5 heteroatoms. The summed E-state index contributed by atoms with van der Waals surface area (Å²) in [5, 5.41) is 3.06. The number of ether oxygens (including phenoxy) is 1. The number of nitrogens with zero attached hydrogens (tertiary/aromatic N) is 2. The molecular weight excluding hydrogens is 353 g/mol. The van der Waals surface area contributed by atoms with E-state index in [-0.39, 0.29) is 0 Å². The molecule has 0 fully saturated rings. The van der Waals surface area contributed by atoms with Crippen LogP contribution in [0.25, 0.3) is 11.4 Å². The van der Waals surface area contributed by atoms with Crippen LogP contribution in [0.4, 0.5) is 5.82 Å². The third kappa shape index (κ3) is 3.56. The standard InChI is InChI=1S/C14H16IN3O/c1-3-8-19-11-6-4-10(5-7-11)13-17-9-12(15)14(16-2)18-13/h4-7,9H,3,8H2,1-2H3,(H,16,17,18). The van der Waals surface area contributed by atoms with Gasteiger partial charge in [0.25, 0.3) is 0 Å². The molecule has 0 bridgehead atoms. The van der Waals surface area contributed by atoms with Crippen LogP contribution in [-0.2, 0) is 0 Å². The van der Waals surface area contributed by atoms with Crippen molar-refractivity contribution in [1.29, 1.82) is 0 Å². The first-order valence-corrected chi connectivity index (χ1v) is 7.26. The Bertz CT molecular complexity index is 543. The first-order valence-electron chi connectivity index (χ1n) is 6.18. The van der Waals surface area contributed by atoms with E-state index in [9.17, 15) is 0 Å². The molecular formula is C14H16IN3O. The van der Waals surface area contributed by atoms with Crippen LogP contribution < -0.4 is 10.1 Å². The fourth-order valence-corrected chi connectivity index (χ4v) is 2.13. The fourth-order valence-electron chi connectivity index (χ4n) is 1.60. The summed E-state index contributed by atoms with van der Waals surface area (Å²) in [6, 6.07) is 7.86. The molecule has 1 aromatic heterocycles. The highest BCUT2D eigenvalue weighted by Gasteiger charge is 2.06. The molecule has 0 atom stereocenters. The summed E-state index contributed by atoms with van der Waals surface area (Å²) in [7, 11) is 1.86. The SMILES string of the molecule is CCCOc1ccc(-c2ncc(I)c(NC)n2)cc1. The number of nitrogens with one attached hydrogen (secondary N) is 1. The Labute approximate surface area is 126 Å². The molecule has 1 N–H and O–H groups in total. The van der Waals surface area contributed by atoms with Crippen molar-refractivity contribution >= 4 is 28.4 Å². The minimum absolute atomic E-state index is 0.715. The first kappa shape index (κ1) is 14.0. The van der Waals surface area contributed by atoms with Crippen molar-refractivity contribution in [3.05, 3.63) is 34.0 Å². The van der Waals surface area contributed by atoms with Crippen LogP contribution in [0.15, 0.2) is 30.5 Å². The van der Waals surface area contributed by atoms with Crippen molar-refractivity contribution in [3.63, 3.8) is 0 Å². The van der Waals surface area contributed by atoms with Gasteiger partial charge in [-0.3, -0.25) is 0 Å². The van der Waals surface area contributed by atoms with Gasteiger partial charge in [0.15, 0.2) is 5.82 Å². The summed E-state index contributed by atoms with van der Waals surface area (Å²) >= 11 is 2.21. The van der Waals surface area contributed by atoms with E-state index in [1.165, 1.54) is 0 Å². The third-order valence-electron chi connectivity index (χ3n) is 2.57. The Morgan fingerprint density at radius 1 is 1.26 bits per heavy atom. The van der Waals surface area contributed by atoms with Gasteiger partial charge in [0.05, 0.1) is 10.2 Å². The molecule has 0 unspecified atom stereocenters. The number of aromatic nitrogens is 2. The summed E-state index contributed by atoms with van der Waals surface area (Å²) in [4.78, 5) is 8.83. The Balaban J connectivity index is 2.22. The van der Waals surface area contributed by atoms with Crippen molar-refractivity contribution < 1.29 is 4.74 Å². The largest absolute Gasteiger partial charge is 0.494 e. The van der Waals surface area contributed by atoms with E-state index in [1.807, 2.05) is 37.5 Å². The van der Waals surface area contributed by atoms with E-state index in [4.69, 9.17) is 4.74 Å². The number of hydrogen-bond donors (Lipinski definition) is 1. The Hall–Kier alpha value is -1.37. The molecule has 0 saturated carbocycles. The lowest BCUT2D eigenvalue weighted by Gasteiger charge is -2.07. The van der Waals surface area contributed by atoms with Crippen molar-refractivity contribution in [2.45, 2.75) is 13.3 Å². The van der Waals surface area contributed by atoms with Crippen molar-refractivity contribution in [3.8, 4) is 17.1 Å². The number of hydrogen-bond acceptors (Lipinski definition) is 4. The average Bonchev–Trinajstić information content (AvgIpc) is 2.46. The second-order valence-corrected chi connectivity index (χ2v) is 5.18. The maximum absolute atomic E-state index is 5.56. The number of rotatable bonds is 5. The topological polar surface area (TPSA) is 47.0 Å². The molecule has 0 amide bonds. The lowest BCUT2D eigenvalue weighted by molar-refractivity contribution is 0.317. The Kier molecular flexibility index (Phi) is 4.95. The molecule has 19 heavy (non-hydrogen) atoms. The second kappa shape index (κ2) is 6.70. The molecule has 0 spiro atoms. The molecule has 0 saturated heterocycles. The maximum atomic E-state index is 5.56. The van der Waals surface area contributed by atoms with Gasteiger partial charge in [0, 0.05) is 18.8 Å². The zero-order chi connectivity index (χ0) is 13.7. The lowest BCUT2D eigenvalue weighted by Crippen LogP contribution is -1.99. The molecule has 2 rings (SSSR count). The highest BCUT2D eigenvalue weighted by Crippen LogP contribution is 2.22. The Morgan fingerprint density at radius 2 is 2.00 bits per heavy atom. The average molecular weight is 369 g/mol. The minimum atomic E-state index is 0.715. The molecule has 0 radical (unpaired) electrons. The van der Waals surface area contributed by atoms with E-state index < -0.39 is 0 Å². The van der Waals surface area contributed by atoms with Crippen LogP contribution in [0, 0.1) is 3.57 Å². The molecule has 0 aliphatic rings. The van der Waals surface area contributed by atoms with Crippen molar-refractivity contribution in [2.75, 3.05) is 19.0 Å². The molecule has 1 heterocycles. The molecule has 0 aliphatic carbocycles. The summed E-state index contributed by atoms with van der Waals surface area (Å²) < 4.78 is 6.56. The predicted octanol–water partition coefficient (Wildman–Crippen LogP) is 3.58. The normalized spacial score (nSPS) is 10.3. The van der Waals surface area contributed by atoms with Gasteiger partial charge in [-0.1, -0.05) is 6.92 Å². The quantitative estimate of drug-likeness (QED) is 0.819. The number of benzene rings is 1. The van der Waals surface area contributed by atoms with E-state index in [1.54, 1.807) is 0 Å². The van der Waals surface area contributed by atoms with Gasteiger partial charge in [-0.2, -0.15) is 0 Å². The van der Waals surface area contributed by atoms with E-state index in [0.29, 0.717) is 5.82 Å². The molecule has 4 nitrogen and oxygen atoms in total. The van der Waals surface area contributed by atoms with Crippen molar-refractivity contribution in [1.82, 2.24) is 9.97 Å². The summed E-state index contributed by atoms with van der Waals surface area (Å²) in [6.45, 7) is 2.83. The van der Waals surface area contributed by atoms with Crippen LogP contribution in [0.5, 0.6) is 5.75 Å². The zero-order valence-electron chi connectivity index (χ0n) is 11.0. The minimum Gasteiger partial charge on any atom is -0.494 e. The number of anilines is 1. The molecule has 100 valence electrons. The maximum Gasteiger partial charge on any atom is 0.161 e. The van der Waals surface area contributed by atoms with Gasteiger partial charge in [0.1, 0.15) is 11.6 Å². The zero-order valence-corrected chi connectivity index (χ0v) is 13.1. The van der Waals surface area contributed by atoms with Gasteiger partial charge < -0.3 is 10.1 Å². The predicted molar refractivity (Wildman–Crippen MR) is 85.5 cm³/mol. The molecule has 2 aromatic rings. The monoisotopic (exact) mass is 369 g/mol. The highest BCUT2D eigenvalue weighted by atomic mass is 127. The van der Waals surface area contributed by atoms with Crippen LogP contribution in [0.2, 0.25) is 0 Å². The van der Waals surface area contributed by atoms with Crippen LogP contribution in [-0.4, -0.2) is 23.6 Å². The van der Waals surface area contributed by atoms with Gasteiger partial charge in [-0.15, -0.1) is 0 Å². The summed E-state index contributed by atoms with van der Waals surface area (Å²) in [5.41, 5.74) is 0.983. The molecule has 0 aliphatic heterocycles. The lowest BCUT2D eigenvalue weighted by atomic mass is 10.2. The van der Waals surface area contributed by atoms with Crippen molar-refractivity contribution in [2.24, 2.45) is 0 Å².